The largest absolute Gasteiger partial charge is 0.347 e. The highest BCUT2D eigenvalue weighted by molar-refractivity contribution is 9.10. The Bertz CT molecular complexity index is 397. The molecule has 2 heterocycles. The van der Waals surface area contributed by atoms with Gasteiger partial charge in [0.25, 0.3) is 0 Å². The summed E-state index contributed by atoms with van der Waals surface area (Å²) < 4.78 is 1.12. The van der Waals surface area contributed by atoms with E-state index in [2.05, 4.69) is 32.7 Å². The Hall–Kier alpha value is -0.350. The molecule has 14 heavy (non-hydrogen) atoms. The van der Waals surface area contributed by atoms with Crippen LogP contribution in [0.25, 0.3) is 0 Å². The number of thiophene rings is 1. The molecule has 1 saturated heterocycles. The summed E-state index contributed by atoms with van der Waals surface area (Å²) in [4.78, 5) is 12.8. The van der Waals surface area contributed by atoms with E-state index in [1.165, 1.54) is 11.3 Å². The molecular weight excluding hydrogens is 262 g/mol. The molecule has 1 aromatic heterocycles. The summed E-state index contributed by atoms with van der Waals surface area (Å²) in [5.41, 5.74) is -0.0235. The quantitative estimate of drug-likeness (QED) is 0.782. The first-order chi connectivity index (χ1) is 6.72. The van der Waals surface area contributed by atoms with E-state index in [-0.39, 0.29) is 11.3 Å². The van der Waals surface area contributed by atoms with E-state index in [9.17, 15) is 4.79 Å². The molecule has 74 valence electrons. The lowest BCUT2D eigenvalue weighted by atomic mass is 9.58. The predicted molar refractivity (Wildman–Crippen MR) is 59.2 cm³/mol. The molecule has 2 aliphatic rings. The van der Waals surface area contributed by atoms with Crippen molar-refractivity contribution in [3.05, 3.63) is 20.8 Å². The number of hydrogen-bond donors (Lipinski definition) is 1. The Morgan fingerprint density at radius 2 is 2.36 bits per heavy atom. The summed E-state index contributed by atoms with van der Waals surface area (Å²) in [5, 5.41) is 5.09. The second-order valence-corrected chi connectivity index (χ2v) is 5.94. The molecule has 1 N–H and O–H groups in total. The van der Waals surface area contributed by atoms with E-state index in [4.69, 9.17) is 0 Å². The minimum absolute atomic E-state index is 0.0235. The lowest BCUT2D eigenvalue weighted by Gasteiger charge is -2.54. The molecule has 4 heteroatoms. The second kappa shape index (κ2) is 2.83. The van der Waals surface area contributed by atoms with Crippen molar-refractivity contribution in [2.45, 2.75) is 25.3 Å². The standard InChI is InChI=1S/C10H10BrNOS/c11-6-4-7(14-5-6)8-10(2-1-3-10)9(13)12-8/h4-5,8H,1-3H2,(H,12,13). The van der Waals surface area contributed by atoms with Gasteiger partial charge in [0.1, 0.15) is 0 Å². The van der Waals surface area contributed by atoms with Crippen LogP contribution in [-0.2, 0) is 4.79 Å². The molecule has 0 radical (unpaired) electrons. The van der Waals surface area contributed by atoms with Crippen molar-refractivity contribution in [3.8, 4) is 0 Å². The van der Waals surface area contributed by atoms with Crippen LogP contribution in [0.5, 0.6) is 0 Å². The van der Waals surface area contributed by atoms with Crippen molar-refractivity contribution in [1.29, 1.82) is 0 Å². The molecule has 1 aliphatic carbocycles. The molecule has 1 aliphatic heterocycles. The van der Waals surface area contributed by atoms with E-state index in [0.29, 0.717) is 6.04 Å². The Morgan fingerprint density at radius 3 is 2.79 bits per heavy atom. The van der Waals surface area contributed by atoms with Crippen molar-refractivity contribution in [1.82, 2.24) is 5.32 Å². The van der Waals surface area contributed by atoms with Gasteiger partial charge in [0.15, 0.2) is 0 Å². The lowest BCUT2D eigenvalue weighted by Crippen LogP contribution is -2.64. The third-order valence-corrected chi connectivity index (χ3v) is 5.16. The smallest absolute Gasteiger partial charge is 0.229 e. The monoisotopic (exact) mass is 271 g/mol. The van der Waals surface area contributed by atoms with Gasteiger partial charge in [-0.3, -0.25) is 4.79 Å². The predicted octanol–water partition coefficient (Wildman–Crippen LogP) is 2.85. The highest BCUT2D eigenvalue weighted by Crippen LogP contribution is 2.57. The highest BCUT2D eigenvalue weighted by Gasteiger charge is 2.59. The summed E-state index contributed by atoms with van der Waals surface area (Å²) in [6.07, 6.45) is 3.34. The number of carbonyl (C=O) groups is 1. The SMILES string of the molecule is O=C1NC(c2cc(Br)cs2)C12CCC2. The fourth-order valence-electron chi connectivity index (χ4n) is 2.36. The topological polar surface area (TPSA) is 29.1 Å². The van der Waals surface area contributed by atoms with Crippen LogP contribution in [0, 0.1) is 5.41 Å². The molecule has 1 atom stereocenters. The molecule has 2 nitrogen and oxygen atoms in total. The van der Waals surface area contributed by atoms with Gasteiger partial charge < -0.3 is 5.32 Å². The van der Waals surface area contributed by atoms with Crippen molar-refractivity contribution in [2.75, 3.05) is 0 Å². The summed E-state index contributed by atoms with van der Waals surface area (Å²) in [6.45, 7) is 0. The van der Waals surface area contributed by atoms with Gasteiger partial charge in [-0.05, 0) is 34.8 Å². The first kappa shape index (κ1) is 8.92. The molecule has 1 aromatic rings. The van der Waals surface area contributed by atoms with Crippen LogP contribution >= 0.6 is 27.3 Å². The third kappa shape index (κ3) is 0.984. The molecule has 2 fully saturated rings. The van der Waals surface area contributed by atoms with Gasteiger partial charge in [-0.2, -0.15) is 0 Å². The van der Waals surface area contributed by atoms with E-state index >= 15 is 0 Å². The van der Waals surface area contributed by atoms with Crippen LogP contribution in [0.15, 0.2) is 15.9 Å². The molecule has 3 rings (SSSR count). The van der Waals surface area contributed by atoms with Gasteiger partial charge in [0.05, 0.1) is 11.5 Å². The number of carbonyl (C=O) groups excluding carboxylic acids is 1. The summed E-state index contributed by atoms with van der Waals surface area (Å²) in [5.74, 6) is 0.262. The zero-order chi connectivity index (χ0) is 9.76. The van der Waals surface area contributed by atoms with E-state index < -0.39 is 0 Å². The maximum Gasteiger partial charge on any atom is 0.229 e. The lowest BCUT2D eigenvalue weighted by molar-refractivity contribution is -0.155. The van der Waals surface area contributed by atoms with Crippen LogP contribution < -0.4 is 5.32 Å². The number of rotatable bonds is 1. The first-order valence-corrected chi connectivity index (χ1v) is 6.44. The molecule has 1 spiro atoms. The van der Waals surface area contributed by atoms with Crippen LogP contribution in [0.3, 0.4) is 0 Å². The van der Waals surface area contributed by atoms with Crippen molar-refractivity contribution < 1.29 is 4.79 Å². The molecule has 0 bridgehead atoms. The Balaban J connectivity index is 1.91. The van der Waals surface area contributed by atoms with Gasteiger partial charge in [0.2, 0.25) is 5.91 Å². The average Bonchev–Trinajstić information content (AvgIpc) is 2.44. The van der Waals surface area contributed by atoms with Gasteiger partial charge >= 0.3 is 0 Å². The van der Waals surface area contributed by atoms with Crippen LogP contribution in [0.1, 0.15) is 30.2 Å². The van der Waals surface area contributed by atoms with Crippen LogP contribution in [-0.4, -0.2) is 5.91 Å². The number of hydrogen-bond acceptors (Lipinski definition) is 2. The van der Waals surface area contributed by atoms with Crippen LogP contribution in [0.4, 0.5) is 0 Å². The number of halogens is 1. The second-order valence-electron chi connectivity index (χ2n) is 4.08. The van der Waals surface area contributed by atoms with Gasteiger partial charge in [0, 0.05) is 14.7 Å². The minimum atomic E-state index is -0.0235. The van der Waals surface area contributed by atoms with Crippen molar-refractivity contribution in [2.24, 2.45) is 5.41 Å². The summed E-state index contributed by atoms with van der Waals surface area (Å²) in [7, 11) is 0. The highest BCUT2D eigenvalue weighted by atomic mass is 79.9. The molecule has 1 saturated carbocycles. The summed E-state index contributed by atoms with van der Waals surface area (Å²) >= 11 is 5.17. The molecule has 1 unspecified atom stereocenters. The van der Waals surface area contributed by atoms with E-state index in [0.717, 1.165) is 17.3 Å². The van der Waals surface area contributed by atoms with E-state index in [1.54, 1.807) is 11.3 Å². The number of amides is 1. The zero-order valence-corrected chi connectivity index (χ0v) is 9.95. The zero-order valence-electron chi connectivity index (χ0n) is 7.55. The van der Waals surface area contributed by atoms with Gasteiger partial charge in [-0.1, -0.05) is 6.42 Å². The van der Waals surface area contributed by atoms with Gasteiger partial charge in [-0.25, -0.2) is 0 Å². The first-order valence-electron chi connectivity index (χ1n) is 4.77. The Kier molecular flexibility index (Phi) is 1.80. The Labute approximate surface area is 94.8 Å². The van der Waals surface area contributed by atoms with E-state index in [1.807, 2.05) is 0 Å². The molecular formula is C10H10BrNOS. The van der Waals surface area contributed by atoms with Crippen molar-refractivity contribution >= 4 is 33.2 Å². The fourth-order valence-corrected chi connectivity index (χ4v) is 3.97. The maximum absolute atomic E-state index is 11.5. The summed E-state index contributed by atoms with van der Waals surface area (Å²) in [6, 6.07) is 2.41. The molecule has 0 aromatic carbocycles. The third-order valence-electron chi connectivity index (χ3n) is 3.40. The number of nitrogens with one attached hydrogen (secondary N) is 1. The van der Waals surface area contributed by atoms with Gasteiger partial charge in [-0.15, -0.1) is 11.3 Å². The maximum atomic E-state index is 11.5. The molecule has 1 amide bonds. The Morgan fingerprint density at radius 1 is 1.57 bits per heavy atom. The van der Waals surface area contributed by atoms with Crippen LogP contribution in [0.2, 0.25) is 0 Å². The fraction of sp³-hybridized carbons (Fsp3) is 0.500. The minimum Gasteiger partial charge on any atom is -0.347 e. The van der Waals surface area contributed by atoms with Crippen molar-refractivity contribution in [3.63, 3.8) is 0 Å². The average molecular weight is 272 g/mol. The normalized spacial score (nSPS) is 28.1. The number of β-lactam (4-membered cyclic amide) rings is 1.